The molecule has 3 unspecified atom stereocenters. The Labute approximate surface area is 230 Å². The third kappa shape index (κ3) is 5.73. The smallest absolute Gasteiger partial charge is 0.323 e. The van der Waals surface area contributed by atoms with Crippen molar-refractivity contribution in [2.75, 3.05) is 6.54 Å². The number of benzene rings is 3. The number of carboxylic acids is 3. The van der Waals surface area contributed by atoms with Crippen molar-refractivity contribution >= 4 is 23.8 Å². The lowest BCUT2D eigenvalue weighted by Gasteiger charge is -2.35. The van der Waals surface area contributed by atoms with Gasteiger partial charge in [-0.1, -0.05) is 72.8 Å². The highest BCUT2D eigenvalue weighted by molar-refractivity contribution is 6.08. The molecule has 4 rings (SSSR count). The number of halogens is 1. The highest BCUT2D eigenvalue weighted by Gasteiger charge is 2.71. The molecule has 0 spiro atoms. The van der Waals surface area contributed by atoms with Crippen LogP contribution in [0.5, 0.6) is 0 Å². The first-order valence-electron chi connectivity index (χ1n) is 12.9. The molecular weight excluding hydrogens is 517 g/mol. The zero-order valence-electron chi connectivity index (χ0n) is 21.9. The van der Waals surface area contributed by atoms with Crippen molar-refractivity contribution < 1.29 is 38.9 Å². The van der Waals surface area contributed by atoms with Crippen LogP contribution in [0.4, 0.5) is 4.39 Å². The summed E-state index contributed by atoms with van der Waals surface area (Å²) in [6, 6.07) is 22.5. The Morgan fingerprint density at radius 3 is 2.05 bits per heavy atom. The number of carbonyl (C=O) groups excluding carboxylic acids is 1. The molecule has 1 aliphatic rings. The molecule has 0 aliphatic heterocycles. The van der Waals surface area contributed by atoms with E-state index in [0.717, 1.165) is 10.5 Å². The molecule has 3 aromatic rings. The third-order valence-electron chi connectivity index (χ3n) is 7.78. The Balaban J connectivity index is 1.70. The van der Waals surface area contributed by atoms with Gasteiger partial charge in [-0.15, -0.1) is 0 Å². The number of hydrogen-bond donors (Lipinski definition) is 3. The molecule has 1 amide bonds. The molecule has 1 aliphatic carbocycles. The number of rotatable bonds is 12. The van der Waals surface area contributed by atoms with E-state index >= 15 is 4.39 Å². The summed E-state index contributed by atoms with van der Waals surface area (Å²) in [5.74, 6) is -7.87. The number of aryl methyl sites for hydroxylation is 1. The average molecular weight is 548 g/mol. The summed E-state index contributed by atoms with van der Waals surface area (Å²) in [4.78, 5) is 49.8. The van der Waals surface area contributed by atoms with Crippen LogP contribution < -0.4 is 0 Å². The summed E-state index contributed by atoms with van der Waals surface area (Å²) in [6.07, 6.45) is 0.547. The normalized spacial score (nSPS) is 16.9. The Morgan fingerprint density at radius 2 is 1.52 bits per heavy atom. The van der Waals surface area contributed by atoms with E-state index in [0.29, 0.717) is 29.5 Å². The minimum absolute atomic E-state index is 0.392. The van der Waals surface area contributed by atoms with Crippen LogP contribution in [0.2, 0.25) is 0 Å². The van der Waals surface area contributed by atoms with Crippen LogP contribution in [0.3, 0.4) is 0 Å². The second-order valence-corrected chi connectivity index (χ2v) is 10.2. The zero-order chi connectivity index (χ0) is 29.0. The fraction of sp³-hybridized carbons (Fsp3) is 0.290. The van der Waals surface area contributed by atoms with Gasteiger partial charge in [-0.2, -0.15) is 0 Å². The number of carbonyl (C=O) groups is 4. The van der Waals surface area contributed by atoms with Gasteiger partial charge < -0.3 is 20.2 Å². The maximum absolute atomic E-state index is 15.4. The first-order chi connectivity index (χ1) is 19.1. The monoisotopic (exact) mass is 547 g/mol. The minimum atomic E-state index is -2.28. The predicted octanol–water partition coefficient (Wildman–Crippen LogP) is 4.69. The van der Waals surface area contributed by atoms with Crippen LogP contribution in [0.25, 0.3) is 11.1 Å². The zero-order valence-corrected chi connectivity index (χ0v) is 21.9. The van der Waals surface area contributed by atoms with Gasteiger partial charge >= 0.3 is 17.9 Å². The second-order valence-electron chi connectivity index (χ2n) is 10.2. The summed E-state index contributed by atoms with van der Waals surface area (Å²) < 4.78 is 15.4. The molecule has 0 bridgehead atoms. The highest BCUT2D eigenvalue weighted by atomic mass is 19.1. The van der Waals surface area contributed by atoms with Gasteiger partial charge in [0, 0.05) is 17.5 Å². The van der Waals surface area contributed by atoms with Crippen molar-refractivity contribution in [3.63, 3.8) is 0 Å². The fourth-order valence-corrected chi connectivity index (χ4v) is 5.38. The first kappa shape index (κ1) is 28.5. The molecule has 3 aromatic carbocycles. The molecule has 9 heteroatoms. The predicted molar refractivity (Wildman–Crippen MR) is 144 cm³/mol. The van der Waals surface area contributed by atoms with E-state index in [1.54, 1.807) is 43.3 Å². The second kappa shape index (κ2) is 11.7. The van der Waals surface area contributed by atoms with E-state index in [1.165, 1.54) is 6.07 Å². The third-order valence-corrected chi connectivity index (χ3v) is 7.78. The molecule has 40 heavy (non-hydrogen) atoms. The SMILES string of the molecule is CC(C(CCc1ccccc1)c1ccc(-c2ccccc2)c(F)c1)N(CC(=O)O)C(=O)C1CC1(C(=O)O)C(=O)O. The van der Waals surface area contributed by atoms with Crippen LogP contribution in [-0.2, 0) is 25.6 Å². The molecule has 0 radical (unpaired) electrons. The van der Waals surface area contributed by atoms with E-state index in [4.69, 9.17) is 0 Å². The van der Waals surface area contributed by atoms with Crippen molar-refractivity contribution in [2.24, 2.45) is 11.3 Å². The lowest BCUT2D eigenvalue weighted by molar-refractivity contribution is -0.160. The first-order valence-corrected chi connectivity index (χ1v) is 12.9. The van der Waals surface area contributed by atoms with Gasteiger partial charge in [0.15, 0.2) is 5.41 Å². The minimum Gasteiger partial charge on any atom is -0.480 e. The quantitative estimate of drug-likeness (QED) is 0.280. The van der Waals surface area contributed by atoms with Crippen molar-refractivity contribution in [2.45, 2.75) is 38.1 Å². The molecule has 0 heterocycles. The van der Waals surface area contributed by atoms with Crippen molar-refractivity contribution in [3.8, 4) is 11.1 Å². The largest absolute Gasteiger partial charge is 0.480 e. The summed E-state index contributed by atoms with van der Waals surface area (Å²) in [5, 5.41) is 28.7. The van der Waals surface area contributed by atoms with Gasteiger partial charge in [0.2, 0.25) is 5.91 Å². The Hall–Kier alpha value is -4.53. The van der Waals surface area contributed by atoms with Crippen LogP contribution in [0.1, 0.15) is 36.8 Å². The van der Waals surface area contributed by atoms with Crippen LogP contribution in [0, 0.1) is 17.2 Å². The van der Waals surface area contributed by atoms with Crippen molar-refractivity contribution in [3.05, 3.63) is 95.8 Å². The molecule has 1 fully saturated rings. The van der Waals surface area contributed by atoms with E-state index in [2.05, 4.69) is 0 Å². The topological polar surface area (TPSA) is 132 Å². The lowest BCUT2D eigenvalue weighted by atomic mass is 9.85. The van der Waals surface area contributed by atoms with Gasteiger partial charge in [0.05, 0.1) is 5.92 Å². The van der Waals surface area contributed by atoms with Gasteiger partial charge in [0.25, 0.3) is 0 Å². The van der Waals surface area contributed by atoms with Crippen molar-refractivity contribution in [1.82, 2.24) is 4.90 Å². The number of carboxylic acid groups (broad SMARTS) is 3. The van der Waals surface area contributed by atoms with Gasteiger partial charge in [0.1, 0.15) is 12.4 Å². The van der Waals surface area contributed by atoms with E-state index in [1.807, 2.05) is 36.4 Å². The summed E-state index contributed by atoms with van der Waals surface area (Å²) in [5.41, 5.74) is 0.340. The van der Waals surface area contributed by atoms with Gasteiger partial charge in [-0.05, 0) is 48.9 Å². The molecule has 1 saturated carbocycles. The summed E-state index contributed by atoms with van der Waals surface area (Å²) >= 11 is 0. The molecule has 3 N–H and O–H groups in total. The fourth-order valence-electron chi connectivity index (χ4n) is 5.38. The average Bonchev–Trinajstić information content (AvgIpc) is 3.70. The van der Waals surface area contributed by atoms with E-state index < -0.39 is 65.9 Å². The molecule has 0 aromatic heterocycles. The molecule has 208 valence electrons. The van der Waals surface area contributed by atoms with E-state index in [9.17, 15) is 34.5 Å². The van der Waals surface area contributed by atoms with Crippen molar-refractivity contribution in [1.29, 1.82) is 0 Å². The molecular formula is C31H30FNO7. The molecule has 0 saturated heterocycles. The number of aliphatic carboxylic acids is 3. The molecule has 8 nitrogen and oxygen atoms in total. The Bertz CT molecular complexity index is 1400. The Kier molecular flexibility index (Phi) is 8.32. The van der Waals surface area contributed by atoms with Gasteiger partial charge in [-0.25, -0.2) is 4.39 Å². The van der Waals surface area contributed by atoms with E-state index in [-0.39, 0.29) is 0 Å². The highest BCUT2D eigenvalue weighted by Crippen LogP contribution is 2.54. The number of amides is 1. The summed E-state index contributed by atoms with van der Waals surface area (Å²) in [6.45, 7) is 0.878. The maximum atomic E-state index is 15.4. The molecule has 3 atom stereocenters. The van der Waals surface area contributed by atoms with Crippen LogP contribution in [0.15, 0.2) is 78.9 Å². The lowest BCUT2D eigenvalue weighted by Crippen LogP contribution is -2.47. The van der Waals surface area contributed by atoms with Crippen LogP contribution in [-0.4, -0.2) is 56.6 Å². The maximum Gasteiger partial charge on any atom is 0.323 e. The van der Waals surface area contributed by atoms with Crippen LogP contribution >= 0.6 is 0 Å². The summed E-state index contributed by atoms with van der Waals surface area (Å²) in [7, 11) is 0. The van der Waals surface area contributed by atoms with Gasteiger partial charge in [-0.3, -0.25) is 19.2 Å². The Morgan fingerprint density at radius 1 is 0.925 bits per heavy atom. The number of hydrogen-bond acceptors (Lipinski definition) is 4. The number of nitrogens with zero attached hydrogens (tertiary/aromatic N) is 1. The standard InChI is InChI=1S/C31H30FNO7/c1-19(33(18-27(34)35)28(36)25-17-31(25,29(37)38)30(39)40)23(14-12-20-8-4-2-5-9-20)22-13-15-24(26(32)16-22)21-10-6-3-7-11-21/h2-11,13,15-16,19,23,25H,12,14,17-18H2,1H3,(H,34,35)(H,37,38)(H,39,40).